The lowest BCUT2D eigenvalue weighted by Gasteiger charge is -2.42. The Bertz CT molecular complexity index is 1130. The second-order valence-corrected chi connectivity index (χ2v) is 11.7. The van der Waals surface area contributed by atoms with Crippen molar-refractivity contribution in [3.05, 3.63) is 75.4 Å². The summed E-state index contributed by atoms with van der Waals surface area (Å²) in [7, 11) is -1.96. The van der Waals surface area contributed by atoms with Crippen LogP contribution in [0.25, 0.3) is 0 Å². The minimum Gasteiger partial charge on any atom is -0.497 e. The summed E-state index contributed by atoms with van der Waals surface area (Å²) in [6.07, 6.45) is 0. The Morgan fingerprint density at radius 1 is 1.00 bits per heavy atom. The van der Waals surface area contributed by atoms with E-state index in [1.165, 1.54) is 10.6 Å². The summed E-state index contributed by atoms with van der Waals surface area (Å²) in [5, 5.41) is 2.05. The van der Waals surface area contributed by atoms with Gasteiger partial charge in [0.1, 0.15) is 5.75 Å². The van der Waals surface area contributed by atoms with Gasteiger partial charge in [0.2, 0.25) is 10.0 Å². The minimum absolute atomic E-state index is 0.0340. The van der Waals surface area contributed by atoms with Crippen LogP contribution < -0.4 is 14.4 Å². The summed E-state index contributed by atoms with van der Waals surface area (Å²) in [4.78, 5) is 6.18. The van der Waals surface area contributed by atoms with Gasteiger partial charge in [-0.3, -0.25) is 4.90 Å². The number of sulfonamides is 1. The van der Waals surface area contributed by atoms with Crippen molar-refractivity contribution in [3.8, 4) is 5.75 Å². The van der Waals surface area contributed by atoms with Gasteiger partial charge < -0.3 is 9.64 Å². The number of ether oxygens (including phenoxy) is 1. The van der Waals surface area contributed by atoms with Crippen LogP contribution in [0.1, 0.15) is 17.8 Å². The molecule has 1 aromatic heterocycles. The van der Waals surface area contributed by atoms with Crippen LogP contribution in [0, 0.1) is 0 Å². The predicted molar refractivity (Wildman–Crippen MR) is 138 cm³/mol. The number of benzene rings is 2. The predicted octanol–water partition coefficient (Wildman–Crippen LogP) is 4.75. The monoisotopic (exact) mass is 549 g/mol. The number of nitrogens with one attached hydrogen (secondary N) is 1. The molecule has 2 aromatic carbocycles. The molecule has 1 N–H and O–H groups in total. The Hall–Kier alpha value is -1.91. The Kier molecular flexibility index (Phi) is 7.76. The molecule has 1 aliphatic heterocycles. The molecule has 6 nitrogen and oxygen atoms in total. The molecule has 1 fully saturated rings. The molecule has 0 aliphatic carbocycles. The fourth-order valence-corrected chi connectivity index (χ4v) is 6.72. The van der Waals surface area contributed by atoms with E-state index in [4.69, 9.17) is 4.74 Å². The first kappa shape index (κ1) is 24.2. The summed E-state index contributed by atoms with van der Waals surface area (Å²) in [6, 6.07) is 18.7. The number of halogens is 1. The molecule has 0 unspecified atom stereocenters. The molecule has 4 rings (SSSR count). The first-order chi connectivity index (χ1) is 15.9. The molecule has 1 saturated heterocycles. The highest BCUT2D eigenvalue weighted by Gasteiger charge is 2.32. The summed E-state index contributed by atoms with van der Waals surface area (Å²) in [5.74, 6) is 0.849. The third-order valence-corrected chi connectivity index (χ3v) is 8.96. The quantitative estimate of drug-likeness (QED) is 0.439. The number of piperazine rings is 1. The number of rotatable bonds is 8. The summed E-state index contributed by atoms with van der Waals surface area (Å²) in [5.41, 5.74) is 1.17. The average Bonchev–Trinajstić information content (AvgIpc) is 3.34. The van der Waals surface area contributed by atoms with Crippen LogP contribution in [0.2, 0.25) is 0 Å². The fourth-order valence-electron chi connectivity index (χ4n) is 4.24. The molecule has 1 aliphatic rings. The number of anilines is 1. The van der Waals surface area contributed by atoms with E-state index in [0.29, 0.717) is 0 Å². The van der Waals surface area contributed by atoms with Crippen LogP contribution in [0.4, 0.5) is 5.69 Å². The Morgan fingerprint density at radius 3 is 2.24 bits per heavy atom. The molecule has 2 atom stereocenters. The van der Waals surface area contributed by atoms with Gasteiger partial charge in [-0.05, 0) is 66.9 Å². The van der Waals surface area contributed by atoms with Crippen molar-refractivity contribution >= 4 is 43.0 Å². The highest BCUT2D eigenvalue weighted by molar-refractivity contribution is 9.10. The zero-order valence-electron chi connectivity index (χ0n) is 18.6. The van der Waals surface area contributed by atoms with E-state index < -0.39 is 10.0 Å². The Labute approximate surface area is 208 Å². The normalized spacial score (nSPS) is 17.0. The lowest BCUT2D eigenvalue weighted by molar-refractivity contribution is 0.164. The molecular weight excluding hydrogens is 522 g/mol. The van der Waals surface area contributed by atoms with Crippen molar-refractivity contribution in [2.45, 2.75) is 23.9 Å². The Morgan fingerprint density at radius 2 is 1.67 bits per heavy atom. The third kappa shape index (κ3) is 5.78. The van der Waals surface area contributed by atoms with Gasteiger partial charge >= 0.3 is 0 Å². The van der Waals surface area contributed by atoms with Crippen LogP contribution in [-0.4, -0.2) is 52.6 Å². The molecule has 0 radical (unpaired) electrons. The number of hydrogen-bond donors (Lipinski definition) is 1. The SMILES string of the molecule is COc1ccc(N2CCN([C@H](c3cccs3)[C@@H](C)NS(=O)(=O)c3ccc(Br)cc3)CC2)cc1. The number of thiophene rings is 1. The van der Waals surface area contributed by atoms with E-state index in [0.717, 1.165) is 36.4 Å². The zero-order valence-corrected chi connectivity index (χ0v) is 21.9. The molecule has 0 amide bonds. The highest BCUT2D eigenvalue weighted by atomic mass is 79.9. The standard InChI is InChI=1S/C24H28BrN3O3S2/c1-18(26-33(29,30)22-11-5-19(25)6-12-22)24(23-4-3-17-32-23)28-15-13-27(14-16-28)20-7-9-21(31-2)10-8-20/h3-12,17-18,24,26H,13-16H2,1-2H3/t18-,24+/m1/s1. The molecule has 2 heterocycles. The van der Waals surface area contributed by atoms with Gasteiger partial charge in [0.05, 0.1) is 18.0 Å². The lowest BCUT2D eigenvalue weighted by Crippen LogP contribution is -2.52. The number of methoxy groups -OCH3 is 1. The van der Waals surface area contributed by atoms with E-state index in [9.17, 15) is 8.42 Å². The zero-order chi connectivity index (χ0) is 23.4. The molecule has 0 saturated carbocycles. The summed E-state index contributed by atoms with van der Waals surface area (Å²) in [6.45, 7) is 5.40. The van der Waals surface area contributed by atoms with Crippen LogP contribution in [-0.2, 0) is 10.0 Å². The first-order valence-corrected chi connectivity index (χ1v) is 14.0. The number of hydrogen-bond acceptors (Lipinski definition) is 6. The molecular formula is C24H28BrN3O3S2. The van der Waals surface area contributed by atoms with Crippen molar-refractivity contribution in [1.29, 1.82) is 0 Å². The molecule has 33 heavy (non-hydrogen) atoms. The van der Waals surface area contributed by atoms with Crippen LogP contribution >= 0.6 is 27.3 Å². The highest BCUT2D eigenvalue weighted by Crippen LogP contribution is 2.31. The lowest BCUT2D eigenvalue weighted by atomic mass is 10.1. The van der Waals surface area contributed by atoms with Gasteiger partial charge in [-0.15, -0.1) is 11.3 Å². The van der Waals surface area contributed by atoms with Crippen molar-refractivity contribution in [3.63, 3.8) is 0 Å². The van der Waals surface area contributed by atoms with E-state index in [1.54, 1.807) is 42.7 Å². The topological polar surface area (TPSA) is 61.9 Å². The maximum Gasteiger partial charge on any atom is 0.240 e. The van der Waals surface area contributed by atoms with Gasteiger partial charge in [0.15, 0.2) is 0 Å². The second-order valence-electron chi connectivity index (χ2n) is 8.05. The molecule has 3 aromatic rings. The summed E-state index contributed by atoms with van der Waals surface area (Å²) < 4.78 is 35.1. The van der Waals surface area contributed by atoms with Crippen LogP contribution in [0.5, 0.6) is 5.75 Å². The minimum atomic E-state index is -3.63. The van der Waals surface area contributed by atoms with Gasteiger partial charge in [0, 0.05) is 47.3 Å². The van der Waals surface area contributed by atoms with Crippen molar-refractivity contribution in [2.75, 3.05) is 38.2 Å². The fraction of sp³-hybridized carbons (Fsp3) is 0.333. The van der Waals surface area contributed by atoms with E-state index in [1.807, 2.05) is 30.5 Å². The van der Waals surface area contributed by atoms with Gasteiger partial charge in [-0.25, -0.2) is 13.1 Å². The third-order valence-electron chi connectivity index (χ3n) is 5.92. The average molecular weight is 551 g/mol. The molecule has 0 spiro atoms. The molecule has 176 valence electrons. The van der Waals surface area contributed by atoms with E-state index in [2.05, 4.69) is 48.7 Å². The summed E-state index contributed by atoms with van der Waals surface area (Å²) >= 11 is 5.03. The van der Waals surface area contributed by atoms with Gasteiger partial charge in [0.25, 0.3) is 0 Å². The largest absolute Gasteiger partial charge is 0.497 e. The van der Waals surface area contributed by atoms with Crippen molar-refractivity contribution < 1.29 is 13.2 Å². The smallest absolute Gasteiger partial charge is 0.240 e. The van der Waals surface area contributed by atoms with Gasteiger partial charge in [-0.2, -0.15) is 0 Å². The van der Waals surface area contributed by atoms with E-state index in [-0.39, 0.29) is 17.0 Å². The van der Waals surface area contributed by atoms with Crippen LogP contribution in [0.3, 0.4) is 0 Å². The maximum absolute atomic E-state index is 13.0. The maximum atomic E-state index is 13.0. The van der Waals surface area contributed by atoms with Crippen molar-refractivity contribution in [2.24, 2.45) is 0 Å². The molecule has 9 heteroatoms. The second kappa shape index (κ2) is 10.6. The van der Waals surface area contributed by atoms with Crippen LogP contribution in [0.15, 0.2) is 75.4 Å². The first-order valence-electron chi connectivity index (χ1n) is 10.8. The van der Waals surface area contributed by atoms with Gasteiger partial charge in [-0.1, -0.05) is 22.0 Å². The number of nitrogens with zero attached hydrogens (tertiary/aromatic N) is 2. The van der Waals surface area contributed by atoms with E-state index >= 15 is 0 Å². The Balaban J connectivity index is 1.48. The van der Waals surface area contributed by atoms with Crippen molar-refractivity contribution in [1.82, 2.24) is 9.62 Å². The molecule has 0 bridgehead atoms.